The molecule has 0 aliphatic carbocycles. The quantitative estimate of drug-likeness (QED) is 0.849. The van der Waals surface area contributed by atoms with Gasteiger partial charge in [-0.15, -0.1) is 0 Å². The van der Waals surface area contributed by atoms with Crippen molar-refractivity contribution in [1.82, 2.24) is 4.90 Å². The van der Waals surface area contributed by atoms with Crippen LogP contribution in [0.3, 0.4) is 0 Å². The van der Waals surface area contributed by atoms with Crippen molar-refractivity contribution >= 4 is 11.4 Å². The van der Waals surface area contributed by atoms with Gasteiger partial charge >= 0.3 is 6.18 Å². The molecule has 0 saturated carbocycles. The predicted octanol–water partition coefficient (Wildman–Crippen LogP) is 2.82. The number of alkyl halides is 3. The van der Waals surface area contributed by atoms with Gasteiger partial charge in [0, 0.05) is 43.6 Å². The Kier molecular flexibility index (Phi) is 4.13. The first kappa shape index (κ1) is 15.0. The molecule has 0 amide bonds. The second kappa shape index (κ2) is 5.52. The molecule has 1 aliphatic heterocycles. The molecule has 112 valence electrons. The maximum absolute atomic E-state index is 13.1. The molecule has 3 nitrogen and oxygen atoms in total. The van der Waals surface area contributed by atoms with Crippen LogP contribution in [0.1, 0.15) is 19.4 Å². The van der Waals surface area contributed by atoms with E-state index in [-0.39, 0.29) is 11.4 Å². The lowest BCUT2D eigenvalue weighted by Gasteiger charge is -2.39. The molecule has 0 radical (unpaired) electrons. The van der Waals surface area contributed by atoms with Crippen LogP contribution in [-0.2, 0) is 6.18 Å². The Hall–Kier alpha value is -1.43. The van der Waals surface area contributed by atoms with Gasteiger partial charge in [0.15, 0.2) is 0 Å². The summed E-state index contributed by atoms with van der Waals surface area (Å²) in [6, 6.07) is 4.44. The third-order valence-electron chi connectivity index (χ3n) is 3.71. The largest absolute Gasteiger partial charge is 0.418 e. The van der Waals surface area contributed by atoms with E-state index in [0.717, 1.165) is 19.2 Å². The first-order valence-corrected chi connectivity index (χ1v) is 6.75. The molecule has 1 fully saturated rings. The standard InChI is InChI=1S/C14H20F3N3/c1-10(2)19-5-7-20(8-6-19)13-4-3-11(18)9-12(13)14(15,16)17/h3-4,9-10H,5-8,18H2,1-2H3. The molecular weight excluding hydrogens is 267 g/mol. The molecule has 1 saturated heterocycles. The van der Waals surface area contributed by atoms with Crippen LogP contribution in [0.2, 0.25) is 0 Å². The Balaban J connectivity index is 2.22. The van der Waals surface area contributed by atoms with Crippen molar-refractivity contribution in [1.29, 1.82) is 0 Å². The first-order valence-electron chi connectivity index (χ1n) is 6.75. The van der Waals surface area contributed by atoms with Crippen molar-refractivity contribution in [2.45, 2.75) is 26.1 Å². The van der Waals surface area contributed by atoms with Gasteiger partial charge in [0.1, 0.15) is 0 Å². The molecular formula is C14H20F3N3. The summed E-state index contributed by atoms with van der Waals surface area (Å²) in [7, 11) is 0. The summed E-state index contributed by atoms with van der Waals surface area (Å²) in [6.45, 7) is 6.95. The fraction of sp³-hybridized carbons (Fsp3) is 0.571. The summed E-state index contributed by atoms with van der Waals surface area (Å²) in [5.41, 5.74) is 5.22. The molecule has 20 heavy (non-hydrogen) atoms. The minimum atomic E-state index is -4.38. The number of hydrogen-bond donors (Lipinski definition) is 1. The average Bonchev–Trinajstić information content (AvgIpc) is 2.38. The molecule has 1 heterocycles. The van der Waals surface area contributed by atoms with Gasteiger partial charge in [-0.3, -0.25) is 4.90 Å². The van der Waals surface area contributed by atoms with E-state index in [1.165, 1.54) is 12.1 Å². The fourth-order valence-electron chi connectivity index (χ4n) is 2.54. The van der Waals surface area contributed by atoms with Crippen LogP contribution in [0.5, 0.6) is 0 Å². The lowest BCUT2D eigenvalue weighted by atomic mass is 10.1. The second-order valence-electron chi connectivity index (χ2n) is 5.39. The van der Waals surface area contributed by atoms with Gasteiger partial charge in [-0.05, 0) is 32.0 Å². The van der Waals surface area contributed by atoms with E-state index in [1.54, 1.807) is 4.90 Å². The summed E-state index contributed by atoms with van der Waals surface area (Å²) in [5, 5.41) is 0. The van der Waals surface area contributed by atoms with Crippen molar-refractivity contribution in [2.75, 3.05) is 36.8 Å². The van der Waals surface area contributed by atoms with Gasteiger partial charge in [0.05, 0.1) is 5.56 Å². The van der Waals surface area contributed by atoms with E-state index in [9.17, 15) is 13.2 Å². The minimum Gasteiger partial charge on any atom is -0.399 e. The molecule has 1 aliphatic rings. The molecule has 6 heteroatoms. The highest BCUT2D eigenvalue weighted by Crippen LogP contribution is 2.38. The predicted molar refractivity (Wildman–Crippen MR) is 74.8 cm³/mol. The molecule has 0 bridgehead atoms. The van der Waals surface area contributed by atoms with Crippen molar-refractivity contribution in [3.8, 4) is 0 Å². The zero-order valence-electron chi connectivity index (χ0n) is 11.7. The van der Waals surface area contributed by atoms with Gasteiger partial charge < -0.3 is 10.6 Å². The van der Waals surface area contributed by atoms with Crippen LogP contribution in [0, 0.1) is 0 Å². The van der Waals surface area contributed by atoms with Crippen molar-refractivity contribution in [3.05, 3.63) is 23.8 Å². The Morgan fingerprint density at radius 1 is 1.10 bits per heavy atom. The Labute approximate surface area is 117 Å². The van der Waals surface area contributed by atoms with Crippen LogP contribution in [0.25, 0.3) is 0 Å². The van der Waals surface area contributed by atoms with E-state index in [4.69, 9.17) is 5.73 Å². The zero-order chi connectivity index (χ0) is 14.9. The van der Waals surface area contributed by atoms with Gasteiger partial charge in [-0.2, -0.15) is 13.2 Å². The Bertz CT molecular complexity index is 463. The van der Waals surface area contributed by atoms with E-state index < -0.39 is 11.7 Å². The number of nitrogen functional groups attached to an aromatic ring is 1. The van der Waals surface area contributed by atoms with Crippen molar-refractivity contribution in [3.63, 3.8) is 0 Å². The highest BCUT2D eigenvalue weighted by atomic mass is 19.4. The molecule has 2 N–H and O–H groups in total. The van der Waals surface area contributed by atoms with Crippen LogP contribution in [-0.4, -0.2) is 37.1 Å². The number of halogens is 3. The lowest BCUT2D eigenvalue weighted by Crippen LogP contribution is -2.49. The highest BCUT2D eigenvalue weighted by molar-refractivity contribution is 5.61. The molecule has 2 rings (SSSR count). The van der Waals surface area contributed by atoms with Crippen LogP contribution >= 0.6 is 0 Å². The third kappa shape index (κ3) is 3.17. The number of rotatable bonds is 2. The summed E-state index contributed by atoms with van der Waals surface area (Å²) in [5.74, 6) is 0. The monoisotopic (exact) mass is 287 g/mol. The van der Waals surface area contributed by atoms with Gasteiger partial charge in [0.2, 0.25) is 0 Å². The Morgan fingerprint density at radius 3 is 2.20 bits per heavy atom. The van der Waals surface area contributed by atoms with Crippen LogP contribution in [0.4, 0.5) is 24.5 Å². The topological polar surface area (TPSA) is 32.5 Å². The lowest BCUT2D eigenvalue weighted by molar-refractivity contribution is -0.137. The van der Waals surface area contributed by atoms with E-state index in [2.05, 4.69) is 18.7 Å². The minimum absolute atomic E-state index is 0.141. The number of benzene rings is 1. The van der Waals surface area contributed by atoms with Crippen LogP contribution in [0.15, 0.2) is 18.2 Å². The summed E-state index contributed by atoms with van der Waals surface area (Å²) >= 11 is 0. The molecule has 0 aromatic heterocycles. The fourth-order valence-corrected chi connectivity index (χ4v) is 2.54. The number of anilines is 2. The molecule has 1 aromatic carbocycles. The summed E-state index contributed by atoms with van der Waals surface area (Å²) in [4.78, 5) is 4.06. The van der Waals surface area contributed by atoms with Crippen molar-refractivity contribution < 1.29 is 13.2 Å². The Morgan fingerprint density at radius 2 is 1.70 bits per heavy atom. The number of nitrogens with two attached hydrogens (primary N) is 1. The highest BCUT2D eigenvalue weighted by Gasteiger charge is 2.35. The number of hydrogen-bond acceptors (Lipinski definition) is 3. The van der Waals surface area contributed by atoms with Gasteiger partial charge in [-0.1, -0.05) is 0 Å². The molecule has 0 spiro atoms. The maximum Gasteiger partial charge on any atom is 0.418 e. The second-order valence-corrected chi connectivity index (χ2v) is 5.39. The van der Waals surface area contributed by atoms with E-state index in [1.807, 2.05) is 0 Å². The molecule has 0 unspecified atom stereocenters. The molecule has 0 atom stereocenters. The smallest absolute Gasteiger partial charge is 0.399 e. The zero-order valence-corrected chi connectivity index (χ0v) is 11.7. The summed E-state index contributed by atoms with van der Waals surface area (Å²) in [6.07, 6.45) is -4.38. The number of nitrogens with zero attached hydrogens (tertiary/aromatic N) is 2. The first-order chi connectivity index (χ1) is 9.29. The average molecular weight is 287 g/mol. The van der Waals surface area contributed by atoms with E-state index in [0.29, 0.717) is 19.1 Å². The van der Waals surface area contributed by atoms with Gasteiger partial charge in [-0.25, -0.2) is 0 Å². The molecule has 1 aromatic rings. The van der Waals surface area contributed by atoms with E-state index >= 15 is 0 Å². The van der Waals surface area contributed by atoms with Gasteiger partial charge in [0.25, 0.3) is 0 Å². The van der Waals surface area contributed by atoms with Crippen LogP contribution < -0.4 is 10.6 Å². The summed E-state index contributed by atoms with van der Waals surface area (Å²) < 4.78 is 39.3. The van der Waals surface area contributed by atoms with Crippen molar-refractivity contribution in [2.24, 2.45) is 0 Å². The normalized spacial score (nSPS) is 17.8. The maximum atomic E-state index is 13.1. The SMILES string of the molecule is CC(C)N1CCN(c2ccc(N)cc2C(F)(F)F)CC1. The number of piperazine rings is 1. The third-order valence-corrected chi connectivity index (χ3v) is 3.71.